The molecule has 3 heteroatoms. The largest absolute Gasteiger partial charge is 0.304 e. The highest BCUT2D eigenvalue weighted by Crippen LogP contribution is 2.35. The van der Waals surface area contributed by atoms with E-state index in [4.69, 9.17) is 0 Å². The number of hydrogen-bond donors (Lipinski definition) is 0. The van der Waals surface area contributed by atoms with Crippen molar-refractivity contribution in [3.8, 4) is 0 Å². The first-order valence-corrected chi connectivity index (χ1v) is 8.93. The van der Waals surface area contributed by atoms with Crippen LogP contribution in [0.25, 0.3) is 0 Å². The van der Waals surface area contributed by atoms with E-state index in [-0.39, 0.29) is 11.3 Å². The van der Waals surface area contributed by atoms with Crippen molar-refractivity contribution in [3.05, 3.63) is 0 Å². The molecular weight excluding hydrogens is 260 g/mol. The van der Waals surface area contributed by atoms with Crippen molar-refractivity contribution >= 4 is 5.78 Å². The Morgan fingerprint density at radius 1 is 1.05 bits per heavy atom. The molecule has 0 aliphatic heterocycles. The van der Waals surface area contributed by atoms with E-state index in [9.17, 15) is 4.79 Å². The van der Waals surface area contributed by atoms with Crippen molar-refractivity contribution in [2.24, 2.45) is 11.3 Å². The van der Waals surface area contributed by atoms with Gasteiger partial charge in [-0.1, -0.05) is 41.0 Å². The Labute approximate surface area is 132 Å². The highest BCUT2D eigenvalue weighted by atomic mass is 16.1. The summed E-state index contributed by atoms with van der Waals surface area (Å²) in [5.74, 6) is 0.762. The molecule has 0 aromatic carbocycles. The molecule has 0 N–H and O–H groups in total. The Kier molecular flexibility index (Phi) is 7.89. The first kappa shape index (κ1) is 18.6. The normalized spacial score (nSPS) is 22.2. The van der Waals surface area contributed by atoms with Crippen LogP contribution in [-0.2, 0) is 4.79 Å². The minimum Gasteiger partial charge on any atom is -0.304 e. The fourth-order valence-electron chi connectivity index (χ4n) is 3.52. The zero-order valence-corrected chi connectivity index (χ0v) is 15.0. The SMILES string of the molecule is CCN(CC)CCCN(CC)CC1CCCC(C)(C)C1=O. The molecule has 3 nitrogen and oxygen atoms in total. The first-order valence-electron chi connectivity index (χ1n) is 8.93. The Morgan fingerprint density at radius 3 is 2.19 bits per heavy atom. The lowest BCUT2D eigenvalue weighted by Crippen LogP contribution is -2.42. The number of carbonyl (C=O) groups excluding carboxylic acids is 1. The topological polar surface area (TPSA) is 23.6 Å². The minimum absolute atomic E-state index is 0.0937. The van der Waals surface area contributed by atoms with Crippen molar-refractivity contribution in [2.45, 2.75) is 60.3 Å². The number of hydrogen-bond acceptors (Lipinski definition) is 3. The van der Waals surface area contributed by atoms with Gasteiger partial charge in [-0.15, -0.1) is 0 Å². The van der Waals surface area contributed by atoms with E-state index in [1.807, 2.05) is 0 Å². The third kappa shape index (κ3) is 5.71. The summed E-state index contributed by atoms with van der Waals surface area (Å²) in [5, 5.41) is 0. The molecule has 0 heterocycles. The van der Waals surface area contributed by atoms with Crippen LogP contribution in [0.2, 0.25) is 0 Å². The van der Waals surface area contributed by atoms with Crippen molar-refractivity contribution in [2.75, 3.05) is 39.3 Å². The standard InChI is InChI=1S/C18H36N2O/c1-6-19(7-2)13-10-14-20(8-3)15-16-11-9-12-18(4,5)17(16)21/h16H,6-15H2,1-5H3. The summed E-state index contributed by atoms with van der Waals surface area (Å²) < 4.78 is 0. The molecule has 124 valence electrons. The van der Waals surface area contributed by atoms with Gasteiger partial charge < -0.3 is 9.80 Å². The van der Waals surface area contributed by atoms with Gasteiger partial charge in [-0.05, 0) is 52.0 Å². The minimum atomic E-state index is -0.0937. The number of Topliss-reactive ketones (excluding diaryl/α,β-unsaturated/α-hetero) is 1. The van der Waals surface area contributed by atoms with Crippen molar-refractivity contribution in [1.29, 1.82) is 0 Å². The van der Waals surface area contributed by atoms with Crippen LogP contribution < -0.4 is 0 Å². The van der Waals surface area contributed by atoms with Crippen molar-refractivity contribution in [1.82, 2.24) is 9.80 Å². The molecule has 1 atom stereocenters. The monoisotopic (exact) mass is 296 g/mol. The van der Waals surface area contributed by atoms with E-state index < -0.39 is 0 Å². The molecule has 0 saturated heterocycles. The third-order valence-corrected chi connectivity index (χ3v) is 5.16. The van der Waals surface area contributed by atoms with Gasteiger partial charge in [0.25, 0.3) is 0 Å². The van der Waals surface area contributed by atoms with Crippen LogP contribution in [0.15, 0.2) is 0 Å². The molecule has 1 aliphatic carbocycles. The quantitative estimate of drug-likeness (QED) is 0.651. The molecule has 1 aliphatic rings. The maximum atomic E-state index is 12.5. The lowest BCUT2D eigenvalue weighted by Gasteiger charge is -2.36. The van der Waals surface area contributed by atoms with E-state index >= 15 is 0 Å². The average Bonchev–Trinajstić information content (AvgIpc) is 2.46. The molecule has 0 spiro atoms. The second-order valence-corrected chi connectivity index (χ2v) is 7.11. The average molecular weight is 296 g/mol. The number of rotatable bonds is 9. The maximum absolute atomic E-state index is 12.5. The number of ketones is 1. The third-order valence-electron chi connectivity index (χ3n) is 5.16. The van der Waals surface area contributed by atoms with Gasteiger partial charge >= 0.3 is 0 Å². The van der Waals surface area contributed by atoms with Gasteiger partial charge in [-0.25, -0.2) is 0 Å². The molecule has 21 heavy (non-hydrogen) atoms. The number of carbonyl (C=O) groups is 1. The zero-order valence-electron chi connectivity index (χ0n) is 15.0. The van der Waals surface area contributed by atoms with Gasteiger partial charge in [-0.3, -0.25) is 4.79 Å². The smallest absolute Gasteiger partial charge is 0.142 e. The predicted molar refractivity (Wildman–Crippen MR) is 90.6 cm³/mol. The van der Waals surface area contributed by atoms with E-state index in [1.54, 1.807) is 0 Å². The fourth-order valence-corrected chi connectivity index (χ4v) is 3.52. The molecule has 1 fully saturated rings. The second-order valence-electron chi connectivity index (χ2n) is 7.11. The van der Waals surface area contributed by atoms with Crippen LogP contribution in [0.1, 0.15) is 60.3 Å². The fraction of sp³-hybridized carbons (Fsp3) is 0.944. The molecule has 0 radical (unpaired) electrons. The Hall–Kier alpha value is -0.410. The van der Waals surface area contributed by atoms with Crippen LogP contribution >= 0.6 is 0 Å². The Morgan fingerprint density at radius 2 is 1.62 bits per heavy atom. The van der Waals surface area contributed by atoms with Crippen LogP contribution in [0.5, 0.6) is 0 Å². The lowest BCUT2D eigenvalue weighted by atomic mass is 9.71. The molecule has 0 aromatic rings. The summed E-state index contributed by atoms with van der Waals surface area (Å²) in [6.07, 6.45) is 4.57. The van der Waals surface area contributed by atoms with Crippen molar-refractivity contribution < 1.29 is 4.79 Å². The molecular formula is C18H36N2O. The van der Waals surface area contributed by atoms with Crippen LogP contribution in [-0.4, -0.2) is 54.9 Å². The van der Waals surface area contributed by atoms with Gasteiger partial charge in [0.15, 0.2) is 0 Å². The maximum Gasteiger partial charge on any atom is 0.142 e. The molecule has 1 rings (SSSR count). The molecule has 0 bridgehead atoms. The van der Waals surface area contributed by atoms with Gasteiger partial charge in [0.1, 0.15) is 5.78 Å². The van der Waals surface area contributed by atoms with E-state index in [0.717, 1.165) is 45.6 Å². The number of nitrogens with zero attached hydrogens (tertiary/aromatic N) is 2. The highest BCUT2D eigenvalue weighted by molar-refractivity contribution is 5.87. The predicted octanol–water partition coefficient (Wildman–Crippen LogP) is 3.44. The zero-order chi connectivity index (χ0) is 15.9. The van der Waals surface area contributed by atoms with E-state index in [0.29, 0.717) is 5.78 Å². The summed E-state index contributed by atoms with van der Waals surface area (Å²) in [7, 11) is 0. The van der Waals surface area contributed by atoms with Crippen LogP contribution in [0.4, 0.5) is 0 Å². The summed E-state index contributed by atoms with van der Waals surface area (Å²) in [5.41, 5.74) is -0.0937. The van der Waals surface area contributed by atoms with Gasteiger partial charge in [0.05, 0.1) is 0 Å². The van der Waals surface area contributed by atoms with E-state index in [1.165, 1.54) is 19.4 Å². The summed E-state index contributed by atoms with van der Waals surface area (Å²) >= 11 is 0. The first-order chi connectivity index (χ1) is 9.94. The molecule has 0 amide bonds. The highest BCUT2D eigenvalue weighted by Gasteiger charge is 2.37. The summed E-state index contributed by atoms with van der Waals surface area (Å²) in [4.78, 5) is 17.5. The van der Waals surface area contributed by atoms with Gasteiger partial charge in [0, 0.05) is 17.9 Å². The van der Waals surface area contributed by atoms with Crippen LogP contribution in [0, 0.1) is 11.3 Å². The lowest BCUT2D eigenvalue weighted by molar-refractivity contribution is -0.135. The summed E-state index contributed by atoms with van der Waals surface area (Å²) in [6.45, 7) is 17.5. The van der Waals surface area contributed by atoms with Crippen molar-refractivity contribution in [3.63, 3.8) is 0 Å². The van der Waals surface area contributed by atoms with Gasteiger partial charge in [0.2, 0.25) is 0 Å². The molecule has 0 aromatic heterocycles. The van der Waals surface area contributed by atoms with Crippen LogP contribution in [0.3, 0.4) is 0 Å². The Balaban J connectivity index is 2.41. The van der Waals surface area contributed by atoms with E-state index in [2.05, 4.69) is 44.4 Å². The molecule has 1 saturated carbocycles. The van der Waals surface area contributed by atoms with Gasteiger partial charge in [-0.2, -0.15) is 0 Å². The summed E-state index contributed by atoms with van der Waals surface area (Å²) in [6, 6.07) is 0. The Bertz CT molecular complexity index is 310. The second kappa shape index (κ2) is 8.89. The molecule has 1 unspecified atom stereocenters.